The number of rotatable bonds is 4. The Bertz CT molecular complexity index is 183. The summed E-state index contributed by atoms with van der Waals surface area (Å²) < 4.78 is 5.36. The highest BCUT2D eigenvalue weighted by atomic mass is 16.5. The van der Waals surface area contributed by atoms with Crippen LogP contribution in [-0.2, 0) is 4.74 Å². The lowest BCUT2D eigenvalue weighted by molar-refractivity contribution is 0.0648. The molecule has 1 aliphatic heterocycles. The summed E-state index contributed by atoms with van der Waals surface area (Å²) in [5.74, 6) is 0.855. The third-order valence-electron chi connectivity index (χ3n) is 4.14. The third kappa shape index (κ3) is 2.48. The maximum atomic E-state index is 5.36. The van der Waals surface area contributed by atoms with Crippen LogP contribution in [-0.4, -0.2) is 25.8 Å². The van der Waals surface area contributed by atoms with Crippen LogP contribution in [0.2, 0.25) is 0 Å². The molecule has 1 aliphatic carbocycles. The minimum Gasteiger partial charge on any atom is -0.381 e. The molecule has 1 N–H and O–H groups in total. The Morgan fingerprint density at radius 2 is 2.00 bits per heavy atom. The zero-order chi connectivity index (χ0) is 10.0. The molecule has 0 radical (unpaired) electrons. The molecule has 1 atom stereocenters. The summed E-state index contributed by atoms with van der Waals surface area (Å²) in [6.07, 6.45) is 5.32. The van der Waals surface area contributed by atoms with Gasteiger partial charge in [0, 0.05) is 19.3 Å². The second kappa shape index (κ2) is 4.19. The molecular weight excluding hydrogens is 174 g/mol. The Kier molecular flexibility index (Phi) is 3.13. The predicted molar refractivity (Wildman–Crippen MR) is 58.3 cm³/mol. The Morgan fingerprint density at radius 3 is 2.57 bits per heavy atom. The molecule has 2 heteroatoms. The Morgan fingerprint density at radius 1 is 1.36 bits per heavy atom. The highest BCUT2D eigenvalue weighted by Crippen LogP contribution is 2.47. The highest BCUT2D eigenvalue weighted by Gasteiger charge is 2.42. The number of ether oxygens (including phenoxy) is 1. The molecule has 2 fully saturated rings. The first-order chi connectivity index (χ1) is 6.71. The fourth-order valence-electron chi connectivity index (χ4n) is 2.17. The molecule has 82 valence electrons. The molecule has 0 aromatic carbocycles. The minimum atomic E-state index is 0.616. The second-order valence-electron chi connectivity index (χ2n) is 5.34. The molecular formula is C12H23NO. The van der Waals surface area contributed by atoms with Crippen molar-refractivity contribution in [3.8, 4) is 0 Å². The van der Waals surface area contributed by atoms with Gasteiger partial charge in [-0.3, -0.25) is 0 Å². The molecule has 0 amide bonds. The van der Waals surface area contributed by atoms with E-state index in [0.29, 0.717) is 11.5 Å². The molecule has 0 bridgehead atoms. The quantitative estimate of drug-likeness (QED) is 0.746. The van der Waals surface area contributed by atoms with Gasteiger partial charge >= 0.3 is 0 Å². The molecule has 14 heavy (non-hydrogen) atoms. The van der Waals surface area contributed by atoms with Crippen LogP contribution in [0, 0.1) is 11.3 Å². The molecule has 0 aromatic heterocycles. The van der Waals surface area contributed by atoms with Gasteiger partial charge in [0.1, 0.15) is 0 Å². The zero-order valence-corrected chi connectivity index (χ0v) is 9.51. The van der Waals surface area contributed by atoms with E-state index in [2.05, 4.69) is 19.2 Å². The van der Waals surface area contributed by atoms with Gasteiger partial charge in [0.15, 0.2) is 0 Å². The van der Waals surface area contributed by atoms with Crippen molar-refractivity contribution >= 4 is 0 Å². The van der Waals surface area contributed by atoms with Gasteiger partial charge < -0.3 is 10.1 Å². The van der Waals surface area contributed by atoms with Gasteiger partial charge in [-0.15, -0.1) is 0 Å². The first-order valence-corrected chi connectivity index (χ1v) is 6.02. The molecule has 1 unspecified atom stereocenters. The van der Waals surface area contributed by atoms with Gasteiger partial charge in [-0.25, -0.2) is 0 Å². The lowest BCUT2D eigenvalue weighted by Crippen LogP contribution is -2.38. The van der Waals surface area contributed by atoms with E-state index in [1.807, 2.05) is 0 Å². The van der Waals surface area contributed by atoms with Gasteiger partial charge in [0.05, 0.1) is 0 Å². The van der Waals surface area contributed by atoms with Gasteiger partial charge in [0.2, 0.25) is 0 Å². The van der Waals surface area contributed by atoms with Crippen LogP contribution in [0.1, 0.15) is 39.5 Å². The SMILES string of the molecule is CC(NCC1CCOCC1)C1(C)CC1. The summed E-state index contributed by atoms with van der Waals surface area (Å²) in [6.45, 7) is 7.87. The highest BCUT2D eigenvalue weighted by molar-refractivity contribution is 4.96. The monoisotopic (exact) mass is 197 g/mol. The second-order valence-corrected chi connectivity index (χ2v) is 5.34. The van der Waals surface area contributed by atoms with Crippen molar-refractivity contribution in [2.45, 2.75) is 45.6 Å². The van der Waals surface area contributed by atoms with Crippen LogP contribution in [0.3, 0.4) is 0 Å². The van der Waals surface area contributed by atoms with Gasteiger partial charge in [-0.2, -0.15) is 0 Å². The maximum Gasteiger partial charge on any atom is 0.0469 e. The summed E-state index contributed by atoms with van der Waals surface area (Å²) in [6, 6.07) is 0.699. The lowest BCUT2D eigenvalue weighted by atomic mass is 9.97. The van der Waals surface area contributed by atoms with E-state index in [1.54, 1.807) is 0 Å². The minimum absolute atomic E-state index is 0.616. The maximum absolute atomic E-state index is 5.36. The van der Waals surface area contributed by atoms with E-state index in [4.69, 9.17) is 4.74 Å². The molecule has 0 aromatic rings. The summed E-state index contributed by atoms with van der Waals surface area (Å²) in [5, 5.41) is 3.70. The third-order valence-corrected chi connectivity index (χ3v) is 4.14. The van der Waals surface area contributed by atoms with Crippen molar-refractivity contribution < 1.29 is 4.74 Å². The molecule has 1 heterocycles. The number of hydrogen-bond donors (Lipinski definition) is 1. The topological polar surface area (TPSA) is 21.3 Å². The summed E-state index contributed by atoms with van der Waals surface area (Å²) >= 11 is 0. The molecule has 0 spiro atoms. The summed E-state index contributed by atoms with van der Waals surface area (Å²) in [4.78, 5) is 0. The van der Waals surface area contributed by atoms with Crippen LogP contribution < -0.4 is 5.32 Å². The first kappa shape index (κ1) is 10.4. The summed E-state index contributed by atoms with van der Waals surface area (Å²) in [5.41, 5.74) is 0.616. The molecule has 2 nitrogen and oxygen atoms in total. The standard InChI is InChI=1S/C12H23NO/c1-10(12(2)5-6-12)13-9-11-3-7-14-8-4-11/h10-11,13H,3-9H2,1-2H3. The van der Waals surface area contributed by atoms with Gasteiger partial charge in [-0.1, -0.05) is 6.92 Å². The number of nitrogens with one attached hydrogen (secondary N) is 1. The van der Waals surface area contributed by atoms with Crippen LogP contribution in [0.4, 0.5) is 0 Å². The van der Waals surface area contributed by atoms with E-state index < -0.39 is 0 Å². The van der Waals surface area contributed by atoms with E-state index in [-0.39, 0.29) is 0 Å². The van der Waals surface area contributed by atoms with Gasteiger partial charge in [-0.05, 0) is 50.5 Å². The fourth-order valence-corrected chi connectivity index (χ4v) is 2.17. The summed E-state index contributed by atoms with van der Waals surface area (Å²) in [7, 11) is 0. The van der Waals surface area contributed by atoms with Gasteiger partial charge in [0.25, 0.3) is 0 Å². The first-order valence-electron chi connectivity index (χ1n) is 6.02. The van der Waals surface area contributed by atoms with Crippen molar-refractivity contribution in [2.24, 2.45) is 11.3 Å². The fraction of sp³-hybridized carbons (Fsp3) is 1.00. The zero-order valence-electron chi connectivity index (χ0n) is 9.51. The van der Waals surface area contributed by atoms with Crippen LogP contribution in [0.15, 0.2) is 0 Å². The Hall–Kier alpha value is -0.0800. The average molecular weight is 197 g/mol. The van der Waals surface area contributed by atoms with Crippen molar-refractivity contribution in [1.29, 1.82) is 0 Å². The van der Waals surface area contributed by atoms with Crippen LogP contribution in [0.25, 0.3) is 0 Å². The normalized spacial score (nSPS) is 28.7. The number of hydrogen-bond acceptors (Lipinski definition) is 2. The van der Waals surface area contributed by atoms with Crippen molar-refractivity contribution in [3.05, 3.63) is 0 Å². The van der Waals surface area contributed by atoms with Crippen LogP contribution in [0.5, 0.6) is 0 Å². The molecule has 2 aliphatic rings. The van der Waals surface area contributed by atoms with Crippen molar-refractivity contribution in [3.63, 3.8) is 0 Å². The van der Waals surface area contributed by atoms with E-state index in [1.165, 1.54) is 32.2 Å². The Balaban J connectivity index is 1.65. The predicted octanol–water partition coefficient (Wildman–Crippen LogP) is 2.19. The smallest absolute Gasteiger partial charge is 0.0469 e. The Labute approximate surface area is 87.4 Å². The molecule has 2 rings (SSSR count). The largest absolute Gasteiger partial charge is 0.381 e. The van der Waals surface area contributed by atoms with Crippen molar-refractivity contribution in [2.75, 3.05) is 19.8 Å². The van der Waals surface area contributed by atoms with E-state index in [0.717, 1.165) is 19.1 Å². The molecule has 1 saturated carbocycles. The van der Waals surface area contributed by atoms with E-state index >= 15 is 0 Å². The van der Waals surface area contributed by atoms with Crippen LogP contribution >= 0.6 is 0 Å². The van der Waals surface area contributed by atoms with Crippen molar-refractivity contribution in [1.82, 2.24) is 5.32 Å². The lowest BCUT2D eigenvalue weighted by Gasteiger charge is -2.26. The average Bonchev–Trinajstić information content (AvgIpc) is 2.96. The molecule has 1 saturated heterocycles. The van der Waals surface area contributed by atoms with E-state index in [9.17, 15) is 0 Å².